The van der Waals surface area contributed by atoms with Crippen molar-refractivity contribution >= 4 is 5.90 Å². The molecule has 13 heavy (non-hydrogen) atoms. The molecule has 0 amide bonds. The molecule has 0 saturated heterocycles. The fourth-order valence-corrected chi connectivity index (χ4v) is 1.70. The molecule has 3 rings (SSSR count). The van der Waals surface area contributed by atoms with Crippen LogP contribution in [-0.4, -0.2) is 19.0 Å². The van der Waals surface area contributed by atoms with Gasteiger partial charge in [-0.15, -0.1) is 0 Å². The quantitative estimate of drug-likeness (QED) is 0.517. The molecular formula is C11H13NO. The van der Waals surface area contributed by atoms with E-state index in [0.717, 1.165) is 5.90 Å². The van der Waals surface area contributed by atoms with E-state index in [4.69, 9.17) is 4.74 Å². The normalized spacial score (nSPS) is 30.6. The predicted octanol–water partition coefficient (Wildman–Crippen LogP) is 2.10. The van der Waals surface area contributed by atoms with Crippen molar-refractivity contribution in [3.05, 3.63) is 36.0 Å². The van der Waals surface area contributed by atoms with Gasteiger partial charge in [0.15, 0.2) is 5.90 Å². The summed E-state index contributed by atoms with van der Waals surface area (Å²) in [6, 6.07) is 0.163. The van der Waals surface area contributed by atoms with Crippen molar-refractivity contribution in [2.24, 2.45) is 10.9 Å². The Balaban J connectivity index is 2.43. The molecule has 0 saturated carbocycles. The van der Waals surface area contributed by atoms with Gasteiger partial charge in [-0.1, -0.05) is 36.0 Å². The largest absolute Gasteiger partial charge is 0.484 e. The summed E-state index contributed by atoms with van der Waals surface area (Å²) in [6.07, 6.45) is 10.4. The number of fused-ring (bicyclic) bond motifs is 1. The molecule has 2 heterocycles. The molecule has 0 unspecified atom stereocenters. The molecule has 0 aromatic heterocycles. The van der Waals surface area contributed by atoms with Crippen LogP contribution in [0.2, 0.25) is 0 Å². The molecular weight excluding hydrogens is 162 g/mol. The summed E-state index contributed by atoms with van der Waals surface area (Å²) < 4.78 is 5.26. The van der Waals surface area contributed by atoms with Crippen molar-refractivity contribution in [3.8, 4) is 0 Å². The van der Waals surface area contributed by atoms with Crippen LogP contribution in [0.25, 0.3) is 0 Å². The molecule has 0 fully saturated rings. The lowest BCUT2D eigenvalue weighted by Gasteiger charge is -2.23. The molecule has 3 aliphatic rings. The number of rotatable bonds is 0. The van der Waals surface area contributed by atoms with Gasteiger partial charge in [0, 0.05) is 0 Å². The Morgan fingerprint density at radius 3 is 2.85 bits per heavy atom. The van der Waals surface area contributed by atoms with Gasteiger partial charge >= 0.3 is 0 Å². The van der Waals surface area contributed by atoms with Crippen molar-refractivity contribution in [3.63, 3.8) is 0 Å². The third-order valence-electron chi connectivity index (χ3n) is 2.40. The van der Waals surface area contributed by atoms with Gasteiger partial charge in [0.2, 0.25) is 0 Å². The monoisotopic (exact) mass is 175 g/mol. The standard InChI is InChI=1S/C11H13NO/c1-8-7-9-5-3-4-6-10(8)11(12-9)13-2/h3-7,9-10H,1-2H3/t9-,10+/m1/s1. The Bertz CT molecular complexity index is 323. The van der Waals surface area contributed by atoms with Crippen molar-refractivity contribution in [2.45, 2.75) is 13.0 Å². The molecule has 2 atom stereocenters. The summed E-state index contributed by atoms with van der Waals surface area (Å²) >= 11 is 0. The first-order valence-electron chi connectivity index (χ1n) is 4.46. The van der Waals surface area contributed by atoms with Gasteiger partial charge in [-0.25, -0.2) is 4.99 Å². The van der Waals surface area contributed by atoms with E-state index in [2.05, 4.69) is 36.2 Å². The Morgan fingerprint density at radius 1 is 1.31 bits per heavy atom. The predicted molar refractivity (Wildman–Crippen MR) is 53.8 cm³/mol. The third-order valence-corrected chi connectivity index (χ3v) is 2.40. The van der Waals surface area contributed by atoms with Gasteiger partial charge in [-0.2, -0.15) is 0 Å². The Hall–Kier alpha value is -1.31. The topological polar surface area (TPSA) is 21.6 Å². The van der Waals surface area contributed by atoms with Crippen LogP contribution in [0.3, 0.4) is 0 Å². The number of hydrogen-bond donors (Lipinski definition) is 0. The fraction of sp³-hybridized carbons (Fsp3) is 0.364. The van der Waals surface area contributed by atoms with Crippen LogP contribution in [0, 0.1) is 5.92 Å². The molecule has 0 aromatic rings. The van der Waals surface area contributed by atoms with Crippen LogP contribution in [-0.2, 0) is 4.74 Å². The lowest BCUT2D eigenvalue weighted by molar-refractivity contribution is 0.377. The minimum atomic E-state index is 0.163. The summed E-state index contributed by atoms with van der Waals surface area (Å²) in [5.74, 6) is 1.07. The average Bonchev–Trinajstić information content (AvgIpc) is 2.07. The maximum Gasteiger partial charge on any atom is 0.195 e. The second-order valence-electron chi connectivity index (χ2n) is 3.32. The Kier molecular flexibility index (Phi) is 2.05. The van der Waals surface area contributed by atoms with E-state index in [9.17, 15) is 0 Å². The number of aliphatic imine (C=N–C) groups is 1. The highest BCUT2D eigenvalue weighted by Gasteiger charge is 2.22. The number of methoxy groups -OCH3 is 1. The number of dihydropyridines is 1. The lowest BCUT2D eigenvalue weighted by atomic mass is 9.93. The summed E-state index contributed by atoms with van der Waals surface area (Å²) in [5, 5.41) is 0. The van der Waals surface area contributed by atoms with Gasteiger partial charge in [-0.3, -0.25) is 0 Å². The van der Waals surface area contributed by atoms with Crippen LogP contribution in [0.5, 0.6) is 0 Å². The summed E-state index contributed by atoms with van der Waals surface area (Å²) in [5.41, 5.74) is 1.32. The van der Waals surface area contributed by atoms with Crippen LogP contribution < -0.4 is 0 Å². The maximum atomic E-state index is 5.26. The average molecular weight is 175 g/mol. The molecule has 2 nitrogen and oxygen atoms in total. The van der Waals surface area contributed by atoms with Gasteiger partial charge in [0.25, 0.3) is 0 Å². The van der Waals surface area contributed by atoms with Crippen molar-refractivity contribution < 1.29 is 4.74 Å². The first kappa shape index (κ1) is 8.30. The highest BCUT2D eigenvalue weighted by atomic mass is 16.5. The van der Waals surface area contributed by atoms with E-state index in [1.54, 1.807) is 7.11 Å². The first-order chi connectivity index (χ1) is 6.31. The second-order valence-corrected chi connectivity index (χ2v) is 3.32. The maximum absolute atomic E-state index is 5.26. The van der Waals surface area contributed by atoms with E-state index in [-0.39, 0.29) is 12.0 Å². The fourth-order valence-electron chi connectivity index (χ4n) is 1.70. The number of hydrogen-bond acceptors (Lipinski definition) is 2. The lowest BCUT2D eigenvalue weighted by Crippen LogP contribution is -2.23. The van der Waals surface area contributed by atoms with Gasteiger partial charge in [0.1, 0.15) is 0 Å². The Morgan fingerprint density at radius 2 is 2.08 bits per heavy atom. The van der Waals surface area contributed by atoms with Crippen LogP contribution in [0.1, 0.15) is 6.92 Å². The minimum Gasteiger partial charge on any atom is -0.484 e. The van der Waals surface area contributed by atoms with Gasteiger partial charge in [-0.05, 0) is 6.92 Å². The Labute approximate surface area is 78.3 Å². The molecule has 0 radical (unpaired) electrons. The zero-order valence-corrected chi connectivity index (χ0v) is 7.90. The summed E-state index contributed by atoms with van der Waals surface area (Å²) in [7, 11) is 1.68. The second kappa shape index (κ2) is 3.21. The summed E-state index contributed by atoms with van der Waals surface area (Å²) in [4.78, 5) is 4.45. The number of nitrogens with zero attached hydrogens (tertiary/aromatic N) is 1. The van der Waals surface area contributed by atoms with Crippen molar-refractivity contribution in [2.75, 3.05) is 7.11 Å². The SMILES string of the molecule is COC1=N[C@@H]2C=CC=C[C@H]1C(C)=C2. The van der Waals surface area contributed by atoms with Crippen LogP contribution in [0.15, 0.2) is 40.9 Å². The highest BCUT2D eigenvalue weighted by Crippen LogP contribution is 2.24. The first-order valence-corrected chi connectivity index (χ1v) is 4.46. The molecule has 2 heteroatoms. The molecule has 68 valence electrons. The zero-order valence-electron chi connectivity index (χ0n) is 7.90. The molecule has 2 aliphatic heterocycles. The van der Waals surface area contributed by atoms with E-state index < -0.39 is 0 Å². The van der Waals surface area contributed by atoms with Crippen LogP contribution in [0.4, 0.5) is 0 Å². The molecule has 2 bridgehead atoms. The third kappa shape index (κ3) is 1.44. The van der Waals surface area contributed by atoms with E-state index >= 15 is 0 Å². The highest BCUT2D eigenvalue weighted by molar-refractivity contribution is 5.85. The van der Waals surface area contributed by atoms with E-state index in [1.165, 1.54) is 5.57 Å². The molecule has 0 N–H and O–H groups in total. The number of ether oxygens (including phenoxy) is 1. The summed E-state index contributed by atoms with van der Waals surface area (Å²) in [6.45, 7) is 2.12. The van der Waals surface area contributed by atoms with Gasteiger partial charge in [0.05, 0.1) is 19.1 Å². The van der Waals surface area contributed by atoms with Gasteiger partial charge < -0.3 is 4.74 Å². The molecule has 0 spiro atoms. The van der Waals surface area contributed by atoms with Crippen molar-refractivity contribution in [1.29, 1.82) is 0 Å². The van der Waals surface area contributed by atoms with Crippen molar-refractivity contribution in [1.82, 2.24) is 0 Å². The minimum absolute atomic E-state index is 0.163. The smallest absolute Gasteiger partial charge is 0.195 e. The van der Waals surface area contributed by atoms with E-state index in [1.807, 2.05) is 6.08 Å². The van der Waals surface area contributed by atoms with E-state index in [0.29, 0.717) is 0 Å². The number of allylic oxidation sites excluding steroid dienone is 2. The molecule has 1 aliphatic carbocycles. The molecule has 0 aromatic carbocycles. The van der Waals surface area contributed by atoms with Crippen LogP contribution >= 0.6 is 0 Å². The zero-order chi connectivity index (χ0) is 9.26.